The largest absolute Gasteiger partial charge is 0.485 e. The van der Waals surface area contributed by atoms with E-state index in [2.05, 4.69) is 0 Å². The van der Waals surface area contributed by atoms with Crippen LogP contribution in [-0.4, -0.2) is 19.9 Å². The third-order valence-corrected chi connectivity index (χ3v) is 3.13. The second-order valence-electron chi connectivity index (χ2n) is 4.93. The maximum atomic E-state index is 11.3. The number of methoxy groups -OCH3 is 1. The summed E-state index contributed by atoms with van der Waals surface area (Å²) in [4.78, 5) is 11.3. The van der Waals surface area contributed by atoms with Gasteiger partial charge < -0.3 is 18.9 Å². The Morgan fingerprint density at radius 3 is 2.35 bits per heavy atom. The van der Waals surface area contributed by atoms with Crippen molar-refractivity contribution in [1.29, 1.82) is 0 Å². The Hall–Kier alpha value is -2.53. The number of hydrogen-bond acceptors (Lipinski definition) is 5. The highest BCUT2D eigenvalue weighted by atomic mass is 16.7. The fourth-order valence-corrected chi connectivity index (χ4v) is 2.07. The van der Waals surface area contributed by atoms with Gasteiger partial charge in [0.2, 0.25) is 0 Å². The highest BCUT2D eigenvalue weighted by molar-refractivity contribution is 5.71. The summed E-state index contributed by atoms with van der Waals surface area (Å²) in [6.07, 6.45) is 0. The second kappa shape index (κ2) is 8.19. The van der Waals surface area contributed by atoms with E-state index in [1.54, 1.807) is 19.2 Å². The van der Waals surface area contributed by atoms with Crippen LogP contribution in [0.15, 0.2) is 42.5 Å². The average Bonchev–Trinajstić information content (AvgIpc) is 2.54. The molecule has 0 spiro atoms. The zero-order valence-corrected chi connectivity index (χ0v) is 13.5. The molecule has 0 N–H and O–H groups in total. The lowest BCUT2D eigenvalue weighted by molar-refractivity contribution is -0.132. The summed E-state index contributed by atoms with van der Waals surface area (Å²) in [7, 11) is 1.55. The molecule has 2 aromatic carbocycles. The van der Waals surface area contributed by atoms with Crippen LogP contribution in [0.3, 0.4) is 0 Å². The molecular formula is C18H20O5. The van der Waals surface area contributed by atoms with Gasteiger partial charge in [0, 0.05) is 19.6 Å². The molecule has 0 atom stereocenters. The lowest BCUT2D eigenvalue weighted by Crippen LogP contribution is -2.07. The van der Waals surface area contributed by atoms with Crippen LogP contribution in [0, 0.1) is 6.92 Å². The summed E-state index contributed by atoms with van der Waals surface area (Å²) in [5.74, 6) is 1.07. The van der Waals surface area contributed by atoms with Gasteiger partial charge in [-0.2, -0.15) is 0 Å². The van der Waals surface area contributed by atoms with Crippen molar-refractivity contribution < 1.29 is 23.7 Å². The fraction of sp³-hybridized carbons (Fsp3) is 0.278. The van der Waals surface area contributed by atoms with Gasteiger partial charge in [-0.1, -0.05) is 30.3 Å². The molecule has 0 aromatic heterocycles. The number of carbonyl (C=O) groups is 1. The monoisotopic (exact) mass is 316 g/mol. The number of ether oxygens (including phenoxy) is 4. The topological polar surface area (TPSA) is 54.0 Å². The molecule has 0 aliphatic rings. The Morgan fingerprint density at radius 2 is 1.70 bits per heavy atom. The van der Waals surface area contributed by atoms with E-state index in [1.807, 2.05) is 37.3 Å². The summed E-state index contributed by atoms with van der Waals surface area (Å²) in [5, 5.41) is 0. The highest BCUT2D eigenvalue weighted by Gasteiger charge is 2.15. The van der Waals surface area contributed by atoms with Crippen molar-refractivity contribution in [3.8, 4) is 17.2 Å². The normalized spacial score (nSPS) is 10.2. The molecule has 0 amide bonds. The van der Waals surface area contributed by atoms with Crippen molar-refractivity contribution in [2.24, 2.45) is 0 Å². The van der Waals surface area contributed by atoms with Crippen molar-refractivity contribution in [1.82, 2.24) is 0 Å². The molecule has 0 aliphatic carbocycles. The summed E-state index contributed by atoms with van der Waals surface area (Å²) in [5.41, 5.74) is 1.76. The van der Waals surface area contributed by atoms with Crippen LogP contribution in [0.25, 0.3) is 0 Å². The van der Waals surface area contributed by atoms with Crippen LogP contribution in [-0.2, 0) is 16.1 Å². The van der Waals surface area contributed by atoms with Gasteiger partial charge in [0.05, 0.1) is 0 Å². The zero-order chi connectivity index (χ0) is 16.7. The Balaban J connectivity index is 2.25. The molecular weight excluding hydrogens is 296 g/mol. The van der Waals surface area contributed by atoms with Gasteiger partial charge >= 0.3 is 5.97 Å². The molecule has 122 valence electrons. The minimum absolute atomic E-state index is 0.131. The molecule has 2 aromatic rings. The smallest absolute Gasteiger partial charge is 0.308 e. The number of benzene rings is 2. The SMILES string of the molecule is COCOc1ccc(OC(C)=O)c(OCc2ccccc2)c1C. The van der Waals surface area contributed by atoms with Gasteiger partial charge in [0.25, 0.3) is 0 Å². The summed E-state index contributed by atoms with van der Waals surface area (Å²) < 4.78 is 21.5. The third kappa shape index (κ3) is 4.72. The highest BCUT2D eigenvalue weighted by Crippen LogP contribution is 2.37. The predicted molar refractivity (Wildman–Crippen MR) is 85.8 cm³/mol. The Bertz CT molecular complexity index is 652. The Morgan fingerprint density at radius 1 is 1.00 bits per heavy atom. The first-order chi connectivity index (χ1) is 11.1. The van der Waals surface area contributed by atoms with E-state index in [0.717, 1.165) is 11.1 Å². The zero-order valence-electron chi connectivity index (χ0n) is 13.5. The maximum Gasteiger partial charge on any atom is 0.308 e. The molecule has 5 heteroatoms. The minimum Gasteiger partial charge on any atom is -0.485 e. The summed E-state index contributed by atoms with van der Waals surface area (Å²) >= 11 is 0. The van der Waals surface area contributed by atoms with Crippen molar-refractivity contribution >= 4 is 5.97 Å². The van der Waals surface area contributed by atoms with E-state index in [0.29, 0.717) is 23.9 Å². The fourth-order valence-electron chi connectivity index (χ4n) is 2.07. The minimum atomic E-state index is -0.403. The van der Waals surface area contributed by atoms with Gasteiger partial charge in [-0.3, -0.25) is 4.79 Å². The molecule has 0 heterocycles. The van der Waals surface area contributed by atoms with Gasteiger partial charge in [-0.15, -0.1) is 0 Å². The van der Waals surface area contributed by atoms with Crippen molar-refractivity contribution in [2.45, 2.75) is 20.5 Å². The Labute approximate surface area is 135 Å². The van der Waals surface area contributed by atoms with Crippen molar-refractivity contribution in [2.75, 3.05) is 13.9 Å². The summed E-state index contributed by atoms with van der Waals surface area (Å²) in [6.45, 7) is 3.69. The number of carbonyl (C=O) groups excluding carboxylic acids is 1. The van der Waals surface area contributed by atoms with E-state index in [-0.39, 0.29) is 6.79 Å². The predicted octanol–water partition coefficient (Wildman–Crippen LogP) is 3.48. The molecule has 0 saturated heterocycles. The van der Waals surface area contributed by atoms with Crippen molar-refractivity contribution in [3.63, 3.8) is 0 Å². The molecule has 0 bridgehead atoms. The lowest BCUT2D eigenvalue weighted by atomic mass is 10.2. The van der Waals surface area contributed by atoms with Gasteiger partial charge in [-0.25, -0.2) is 0 Å². The van der Waals surface area contributed by atoms with Gasteiger partial charge in [0.15, 0.2) is 18.3 Å². The van der Waals surface area contributed by atoms with E-state index in [1.165, 1.54) is 6.92 Å². The average molecular weight is 316 g/mol. The third-order valence-electron chi connectivity index (χ3n) is 3.13. The molecule has 23 heavy (non-hydrogen) atoms. The molecule has 0 radical (unpaired) electrons. The standard InChI is InChI=1S/C18H20O5/c1-13-16(22-12-20-3)9-10-17(23-14(2)19)18(13)21-11-15-7-5-4-6-8-15/h4-10H,11-12H2,1-3H3. The molecule has 0 fully saturated rings. The van der Waals surface area contributed by atoms with E-state index in [9.17, 15) is 4.79 Å². The Kier molecular flexibility index (Phi) is 6.00. The van der Waals surface area contributed by atoms with Gasteiger partial charge in [-0.05, 0) is 24.6 Å². The second-order valence-corrected chi connectivity index (χ2v) is 4.93. The number of hydrogen-bond donors (Lipinski definition) is 0. The first kappa shape index (κ1) is 16.8. The van der Waals surface area contributed by atoms with E-state index in [4.69, 9.17) is 18.9 Å². The van der Waals surface area contributed by atoms with Crippen LogP contribution >= 0.6 is 0 Å². The van der Waals surface area contributed by atoms with Crippen LogP contribution in [0.5, 0.6) is 17.2 Å². The molecule has 5 nitrogen and oxygen atoms in total. The van der Waals surface area contributed by atoms with Crippen LogP contribution < -0.4 is 14.2 Å². The quantitative estimate of drug-likeness (QED) is 0.445. The number of rotatable bonds is 7. The summed E-state index contributed by atoms with van der Waals surface area (Å²) in [6, 6.07) is 13.1. The van der Waals surface area contributed by atoms with Gasteiger partial charge in [0.1, 0.15) is 12.4 Å². The molecule has 0 aliphatic heterocycles. The number of esters is 1. The van der Waals surface area contributed by atoms with Crippen LogP contribution in [0.1, 0.15) is 18.1 Å². The van der Waals surface area contributed by atoms with Crippen LogP contribution in [0.2, 0.25) is 0 Å². The first-order valence-corrected chi connectivity index (χ1v) is 7.22. The van der Waals surface area contributed by atoms with Crippen molar-refractivity contribution in [3.05, 3.63) is 53.6 Å². The first-order valence-electron chi connectivity index (χ1n) is 7.22. The molecule has 2 rings (SSSR count). The molecule has 0 unspecified atom stereocenters. The molecule has 0 saturated carbocycles. The maximum absolute atomic E-state index is 11.3. The lowest BCUT2D eigenvalue weighted by Gasteiger charge is -2.16. The van der Waals surface area contributed by atoms with Crippen LogP contribution in [0.4, 0.5) is 0 Å². The van der Waals surface area contributed by atoms with E-state index < -0.39 is 5.97 Å². The van der Waals surface area contributed by atoms with E-state index >= 15 is 0 Å².